The Kier molecular flexibility index (Phi) is 3.10. The van der Waals surface area contributed by atoms with Gasteiger partial charge in [-0.05, 0) is 32.3 Å². The first-order valence-electron chi connectivity index (χ1n) is 5.82. The van der Waals surface area contributed by atoms with Crippen molar-refractivity contribution >= 4 is 5.78 Å². The third kappa shape index (κ3) is 2.16. The van der Waals surface area contributed by atoms with Crippen molar-refractivity contribution in [3.63, 3.8) is 0 Å². The van der Waals surface area contributed by atoms with Gasteiger partial charge in [0.15, 0.2) is 5.78 Å². The van der Waals surface area contributed by atoms with E-state index in [9.17, 15) is 4.79 Å². The number of hydrogen-bond acceptors (Lipinski definition) is 3. The van der Waals surface area contributed by atoms with Gasteiger partial charge in [-0.15, -0.1) is 0 Å². The molecule has 2 rings (SSSR count). The number of nitrogens with zero attached hydrogens (tertiary/aromatic N) is 2. The standard InChI is InChI=1S/C12H18N2O2/c1-3-14-9-10(8-13-14)7-11(15)12(2)5-4-6-16-12/h8-9H,3-7H2,1-2H3. The van der Waals surface area contributed by atoms with E-state index in [4.69, 9.17) is 4.74 Å². The summed E-state index contributed by atoms with van der Waals surface area (Å²) in [6, 6.07) is 0. The number of aryl methyl sites for hydroxylation is 1. The number of carbonyl (C=O) groups excluding carboxylic acids is 1. The van der Waals surface area contributed by atoms with E-state index < -0.39 is 5.60 Å². The third-order valence-corrected chi connectivity index (χ3v) is 3.18. The zero-order valence-electron chi connectivity index (χ0n) is 9.90. The first-order chi connectivity index (χ1) is 7.64. The molecule has 1 unspecified atom stereocenters. The molecular weight excluding hydrogens is 204 g/mol. The molecule has 1 atom stereocenters. The van der Waals surface area contributed by atoms with Gasteiger partial charge >= 0.3 is 0 Å². The van der Waals surface area contributed by atoms with E-state index in [2.05, 4.69) is 5.10 Å². The lowest BCUT2D eigenvalue weighted by Gasteiger charge is -2.20. The second-order valence-corrected chi connectivity index (χ2v) is 4.49. The van der Waals surface area contributed by atoms with Crippen LogP contribution in [0.25, 0.3) is 0 Å². The maximum atomic E-state index is 12.1. The molecular formula is C12H18N2O2. The van der Waals surface area contributed by atoms with Gasteiger partial charge in [0.25, 0.3) is 0 Å². The molecule has 2 heterocycles. The Labute approximate surface area is 95.6 Å². The Morgan fingerprint density at radius 2 is 2.50 bits per heavy atom. The van der Waals surface area contributed by atoms with E-state index in [0.717, 1.165) is 24.9 Å². The van der Waals surface area contributed by atoms with Crippen molar-refractivity contribution in [2.24, 2.45) is 0 Å². The highest BCUT2D eigenvalue weighted by atomic mass is 16.5. The van der Waals surface area contributed by atoms with Gasteiger partial charge < -0.3 is 4.74 Å². The molecule has 1 aliphatic heterocycles. The van der Waals surface area contributed by atoms with E-state index in [1.54, 1.807) is 6.20 Å². The van der Waals surface area contributed by atoms with E-state index in [1.165, 1.54) is 0 Å². The van der Waals surface area contributed by atoms with Crippen LogP contribution in [0.15, 0.2) is 12.4 Å². The van der Waals surface area contributed by atoms with Gasteiger partial charge in [-0.1, -0.05) is 0 Å². The molecule has 1 fully saturated rings. The minimum absolute atomic E-state index is 0.167. The molecule has 1 saturated heterocycles. The second-order valence-electron chi connectivity index (χ2n) is 4.49. The highest BCUT2D eigenvalue weighted by Gasteiger charge is 2.37. The van der Waals surface area contributed by atoms with Crippen LogP contribution in [0, 0.1) is 0 Å². The maximum absolute atomic E-state index is 12.1. The van der Waals surface area contributed by atoms with E-state index in [-0.39, 0.29) is 5.78 Å². The lowest BCUT2D eigenvalue weighted by Crippen LogP contribution is -2.35. The molecule has 0 spiro atoms. The fourth-order valence-electron chi connectivity index (χ4n) is 2.04. The van der Waals surface area contributed by atoms with Gasteiger partial charge in [0, 0.05) is 25.8 Å². The van der Waals surface area contributed by atoms with Crippen LogP contribution in [-0.4, -0.2) is 27.8 Å². The number of carbonyl (C=O) groups is 1. The number of aromatic nitrogens is 2. The maximum Gasteiger partial charge on any atom is 0.168 e. The van der Waals surface area contributed by atoms with Crippen LogP contribution in [0.3, 0.4) is 0 Å². The van der Waals surface area contributed by atoms with Crippen molar-refractivity contribution in [1.82, 2.24) is 9.78 Å². The van der Waals surface area contributed by atoms with E-state index in [1.807, 2.05) is 24.7 Å². The summed E-state index contributed by atoms with van der Waals surface area (Å²) >= 11 is 0. The second kappa shape index (κ2) is 4.37. The largest absolute Gasteiger partial charge is 0.367 e. The molecule has 0 radical (unpaired) electrons. The number of Topliss-reactive ketones (excluding diaryl/α,β-unsaturated/α-hetero) is 1. The summed E-state index contributed by atoms with van der Waals surface area (Å²) in [5.41, 5.74) is 0.414. The molecule has 16 heavy (non-hydrogen) atoms. The summed E-state index contributed by atoms with van der Waals surface area (Å²) < 4.78 is 7.36. The minimum Gasteiger partial charge on any atom is -0.367 e. The average Bonchev–Trinajstić information content (AvgIpc) is 2.88. The Balaban J connectivity index is 2.01. The molecule has 4 nitrogen and oxygen atoms in total. The summed E-state index contributed by atoms with van der Waals surface area (Å²) in [7, 11) is 0. The van der Waals surface area contributed by atoms with Crippen molar-refractivity contribution in [3.05, 3.63) is 18.0 Å². The summed E-state index contributed by atoms with van der Waals surface area (Å²) in [4.78, 5) is 12.1. The molecule has 1 aliphatic rings. The topological polar surface area (TPSA) is 44.1 Å². The van der Waals surface area contributed by atoms with Crippen LogP contribution in [0.4, 0.5) is 0 Å². The van der Waals surface area contributed by atoms with Gasteiger partial charge in [-0.25, -0.2) is 0 Å². The third-order valence-electron chi connectivity index (χ3n) is 3.18. The summed E-state index contributed by atoms with van der Waals surface area (Å²) in [5.74, 6) is 0.167. The van der Waals surface area contributed by atoms with Gasteiger partial charge in [-0.3, -0.25) is 9.48 Å². The Morgan fingerprint density at radius 1 is 1.69 bits per heavy atom. The van der Waals surface area contributed by atoms with Crippen molar-refractivity contribution in [1.29, 1.82) is 0 Å². The summed E-state index contributed by atoms with van der Waals surface area (Å²) in [6.07, 6.45) is 5.94. The molecule has 0 bridgehead atoms. The summed E-state index contributed by atoms with van der Waals surface area (Å²) in [6.45, 7) is 5.46. The Bertz CT molecular complexity index is 378. The SMILES string of the molecule is CCn1cc(CC(=O)C2(C)CCCO2)cn1. The molecule has 0 aromatic carbocycles. The fraction of sp³-hybridized carbons (Fsp3) is 0.667. The van der Waals surface area contributed by atoms with Crippen molar-refractivity contribution < 1.29 is 9.53 Å². The van der Waals surface area contributed by atoms with Crippen molar-refractivity contribution in [3.8, 4) is 0 Å². The minimum atomic E-state index is -0.561. The molecule has 4 heteroatoms. The lowest BCUT2D eigenvalue weighted by atomic mass is 9.93. The molecule has 0 saturated carbocycles. The normalized spacial score (nSPS) is 24.9. The van der Waals surface area contributed by atoms with Crippen LogP contribution < -0.4 is 0 Å². The number of ether oxygens (including phenoxy) is 1. The highest BCUT2D eigenvalue weighted by molar-refractivity contribution is 5.88. The zero-order chi connectivity index (χ0) is 11.6. The first kappa shape index (κ1) is 11.3. The fourth-order valence-corrected chi connectivity index (χ4v) is 2.04. The smallest absolute Gasteiger partial charge is 0.168 e. The Hall–Kier alpha value is -1.16. The van der Waals surface area contributed by atoms with Crippen LogP contribution in [0.5, 0.6) is 0 Å². The summed E-state index contributed by atoms with van der Waals surface area (Å²) in [5, 5.41) is 4.16. The quantitative estimate of drug-likeness (QED) is 0.777. The zero-order valence-corrected chi connectivity index (χ0v) is 9.90. The predicted octanol–water partition coefficient (Wildman–Crippen LogP) is 1.58. The van der Waals surface area contributed by atoms with Crippen LogP contribution in [-0.2, 0) is 22.5 Å². The molecule has 0 aliphatic carbocycles. The molecule has 1 aromatic rings. The van der Waals surface area contributed by atoms with Crippen LogP contribution in [0.2, 0.25) is 0 Å². The van der Waals surface area contributed by atoms with E-state index in [0.29, 0.717) is 13.0 Å². The van der Waals surface area contributed by atoms with Crippen molar-refractivity contribution in [2.45, 2.75) is 45.3 Å². The first-order valence-corrected chi connectivity index (χ1v) is 5.82. The van der Waals surface area contributed by atoms with Crippen LogP contribution in [0.1, 0.15) is 32.3 Å². The average molecular weight is 222 g/mol. The lowest BCUT2D eigenvalue weighted by molar-refractivity contribution is -0.136. The predicted molar refractivity (Wildman–Crippen MR) is 60.2 cm³/mol. The van der Waals surface area contributed by atoms with Gasteiger partial charge in [-0.2, -0.15) is 5.10 Å². The van der Waals surface area contributed by atoms with Gasteiger partial charge in [0.1, 0.15) is 5.60 Å². The number of ketones is 1. The van der Waals surface area contributed by atoms with Gasteiger partial charge in [0.2, 0.25) is 0 Å². The Morgan fingerprint density at radius 3 is 3.06 bits per heavy atom. The number of rotatable bonds is 4. The van der Waals surface area contributed by atoms with Gasteiger partial charge in [0.05, 0.1) is 6.20 Å². The van der Waals surface area contributed by atoms with Crippen molar-refractivity contribution in [2.75, 3.05) is 6.61 Å². The monoisotopic (exact) mass is 222 g/mol. The molecule has 88 valence electrons. The molecule has 1 aromatic heterocycles. The molecule has 0 N–H and O–H groups in total. The number of hydrogen-bond donors (Lipinski definition) is 0. The van der Waals surface area contributed by atoms with Crippen LogP contribution >= 0.6 is 0 Å². The van der Waals surface area contributed by atoms with E-state index >= 15 is 0 Å². The highest BCUT2D eigenvalue weighted by Crippen LogP contribution is 2.27. The molecule has 0 amide bonds.